The van der Waals surface area contributed by atoms with Crippen molar-refractivity contribution >= 4 is 10.9 Å². The first-order chi connectivity index (χ1) is 17.5. The number of hydrogen-bond acceptors (Lipinski definition) is 6. The first-order valence-corrected chi connectivity index (χ1v) is 11.8. The number of fused-ring (bicyclic) bond motifs is 1. The van der Waals surface area contributed by atoms with Gasteiger partial charge in [0.15, 0.2) is 11.5 Å². The standard InChI is InChI=1S/C29H34N2O5/c1-30(2)13-14-36-23-9-7-20(8-10-23)19-31-25-12-11-24(32-3)15-21(25)16-26(31)22-17-27(33-4)29(35-6)28(18-22)34-5/h7-12,15-18H,13-14,19H2,1-6H3. The van der Waals surface area contributed by atoms with Gasteiger partial charge >= 0.3 is 0 Å². The van der Waals surface area contributed by atoms with Gasteiger partial charge in [0.2, 0.25) is 5.75 Å². The van der Waals surface area contributed by atoms with E-state index in [0.29, 0.717) is 30.4 Å². The Morgan fingerprint density at radius 3 is 1.97 bits per heavy atom. The number of methoxy groups -OCH3 is 4. The Labute approximate surface area is 212 Å². The summed E-state index contributed by atoms with van der Waals surface area (Å²) in [5.41, 5.74) is 4.26. The maximum absolute atomic E-state index is 5.87. The van der Waals surface area contributed by atoms with Gasteiger partial charge in [0.25, 0.3) is 0 Å². The van der Waals surface area contributed by atoms with Gasteiger partial charge in [-0.15, -0.1) is 0 Å². The van der Waals surface area contributed by atoms with Crippen LogP contribution in [0.2, 0.25) is 0 Å². The first-order valence-electron chi connectivity index (χ1n) is 11.8. The van der Waals surface area contributed by atoms with Crippen molar-refractivity contribution in [2.45, 2.75) is 6.54 Å². The molecule has 0 spiro atoms. The summed E-state index contributed by atoms with van der Waals surface area (Å²) in [4.78, 5) is 2.10. The number of aromatic nitrogens is 1. The summed E-state index contributed by atoms with van der Waals surface area (Å²) in [5, 5.41) is 1.08. The highest BCUT2D eigenvalue weighted by molar-refractivity contribution is 5.89. The summed E-state index contributed by atoms with van der Waals surface area (Å²) in [6, 6.07) is 20.5. The minimum Gasteiger partial charge on any atom is -0.497 e. The fourth-order valence-corrected chi connectivity index (χ4v) is 4.23. The fourth-order valence-electron chi connectivity index (χ4n) is 4.23. The second-order valence-corrected chi connectivity index (χ2v) is 8.75. The maximum atomic E-state index is 5.87. The largest absolute Gasteiger partial charge is 0.497 e. The van der Waals surface area contributed by atoms with Crippen LogP contribution in [-0.2, 0) is 6.54 Å². The lowest BCUT2D eigenvalue weighted by Gasteiger charge is -2.16. The van der Waals surface area contributed by atoms with E-state index in [1.54, 1.807) is 28.4 Å². The number of nitrogens with zero attached hydrogens (tertiary/aromatic N) is 2. The molecule has 4 aromatic rings. The predicted molar refractivity (Wildman–Crippen MR) is 143 cm³/mol. The van der Waals surface area contributed by atoms with Crippen LogP contribution >= 0.6 is 0 Å². The van der Waals surface area contributed by atoms with E-state index in [2.05, 4.69) is 39.8 Å². The van der Waals surface area contributed by atoms with Crippen molar-refractivity contribution in [1.82, 2.24) is 9.47 Å². The number of rotatable bonds is 11. The molecular formula is C29H34N2O5. The number of likely N-dealkylation sites (N-methyl/N-ethyl adjacent to an activating group) is 1. The molecule has 4 rings (SSSR count). The second-order valence-electron chi connectivity index (χ2n) is 8.75. The molecule has 7 nitrogen and oxygen atoms in total. The van der Waals surface area contributed by atoms with Gasteiger partial charge in [0, 0.05) is 35.2 Å². The number of hydrogen-bond donors (Lipinski definition) is 0. The molecule has 0 aliphatic rings. The van der Waals surface area contributed by atoms with E-state index < -0.39 is 0 Å². The summed E-state index contributed by atoms with van der Waals surface area (Å²) in [5.74, 6) is 3.47. The molecule has 0 bridgehead atoms. The van der Waals surface area contributed by atoms with Gasteiger partial charge in [-0.05, 0) is 68.2 Å². The topological polar surface area (TPSA) is 54.3 Å². The maximum Gasteiger partial charge on any atom is 0.203 e. The summed E-state index contributed by atoms with van der Waals surface area (Å²) >= 11 is 0. The van der Waals surface area contributed by atoms with E-state index in [-0.39, 0.29) is 0 Å². The molecule has 0 amide bonds. The quantitative estimate of drug-likeness (QED) is 0.283. The Morgan fingerprint density at radius 1 is 0.722 bits per heavy atom. The summed E-state index contributed by atoms with van der Waals surface area (Å²) in [6.45, 7) is 2.21. The Morgan fingerprint density at radius 2 is 1.39 bits per heavy atom. The normalized spacial score (nSPS) is 11.1. The lowest BCUT2D eigenvalue weighted by Crippen LogP contribution is -2.19. The Hall–Kier alpha value is -3.84. The van der Waals surface area contributed by atoms with Crippen LogP contribution in [0.1, 0.15) is 5.56 Å². The van der Waals surface area contributed by atoms with Gasteiger partial charge in [0.05, 0.1) is 28.4 Å². The molecule has 0 saturated heterocycles. The second kappa shape index (κ2) is 11.3. The van der Waals surface area contributed by atoms with Gasteiger partial charge in [-0.25, -0.2) is 0 Å². The van der Waals surface area contributed by atoms with Crippen molar-refractivity contribution in [3.63, 3.8) is 0 Å². The molecule has 0 atom stereocenters. The van der Waals surface area contributed by atoms with Crippen LogP contribution in [0.3, 0.4) is 0 Å². The van der Waals surface area contributed by atoms with Crippen molar-refractivity contribution in [2.24, 2.45) is 0 Å². The molecule has 0 fully saturated rings. The Kier molecular flexibility index (Phi) is 7.90. The molecule has 3 aromatic carbocycles. The zero-order chi connectivity index (χ0) is 25.7. The molecule has 1 aromatic heterocycles. The van der Waals surface area contributed by atoms with Gasteiger partial charge in [-0.2, -0.15) is 0 Å². The third kappa shape index (κ3) is 5.36. The molecule has 0 unspecified atom stereocenters. The molecular weight excluding hydrogens is 456 g/mol. The van der Waals surface area contributed by atoms with Crippen LogP contribution in [-0.4, -0.2) is 65.2 Å². The van der Waals surface area contributed by atoms with Crippen molar-refractivity contribution < 1.29 is 23.7 Å². The molecule has 0 aliphatic carbocycles. The summed E-state index contributed by atoms with van der Waals surface area (Å²) < 4.78 is 30.4. The van der Waals surface area contributed by atoms with Crippen LogP contribution < -0.4 is 23.7 Å². The van der Waals surface area contributed by atoms with E-state index >= 15 is 0 Å². The fraction of sp³-hybridized carbons (Fsp3) is 0.310. The lowest BCUT2D eigenvalue weighted by molar-refractivity contribution is 0.261. The summed E-state index contributed by atoms with van der Waals surface area (Å²) in [6.07, 6.45) is 0. The highest BCUT2D eigenvalue weighted by Gasteiger charge is 2.18. The van der Waals surface area contributed by atoms with Crippen molar-refractivity contribution in [2.75, 3.05) is 55.7 Å². The third-order valence-corrected chi connectivity index (χ3v) is 6.14. The molecule has 0 N–H and O–H groups in total. The van der Waals surface area contributed by atoms with E-state index in [9.17, 15) is 0 Å². The van der Waals surface area contributed by atoms with Gasteiger partial charge < -0.3 is 33.2 Å². The molecule has 190 valence electrons. The molecule has 36 heavy (non-hydrogen) atoms. The first kappa shape index (κ1) is 25.3. The Balaban J connectivity index is 1.75. The van der Waals surface area contributed by atoms with E-state index in [1.807, 2.05) is 44.4 Å². The third-order valence-electron chi connectivity index (χ3n) is 6.14. The lowest BCUT2D eigenvalue weighted by atomic mass is 10.1. The smallest absolute Gasteiger partial charge is 0.203 e. The average Bonchev–Trinajstić information content (AvgIpc) is 3.25. The zero-order valence-corrected chi connectivity index (χ0v) is 21.8. The van der Waals surface area contributed by atoms with Gasteiger partial charge in [0.1, 0.15) is 18.1 Å². The van der Waals surface area contributed by atoms with Crippen molar-refractivity contribution in [1.29, 1.82) is 0 Å². The molecule has 0 aliphatic heterocycles. The monoisotopic (exact) mass is 490 g/mol. The number of benzene rings is 3. The molecule has 7 heteroatoms. The SMILES string of the molecule is COc1ccc2c(c1)cc(-c1cc(OC)c(OC)c(OC)c1)n2Cc1ccc(OCCN(C)C)cc1. The van der Waals surface area contributed by atoms with Crippen LogP contribution in [0.5, 0.6) is 28.7 Å². The minimum absolute atomic E-state index is 0.568. The highest BCUT2D eigenvalue weighted by Crippen LogP contribution is 2.42. The molecule has 0 radical (unpaired) electrons. The minimum atomic E-state index is 0.568. The van der Waals surface area contributed by atoms with E-state index in [0.717, 1.165) is 45.8 Å². The van der Waals surface area contributed by atoms with Crippen molar-refractivity contribution in [3.8, 4) is 40.0 Å². The average molecular weight is 491 g/mol. The van der Waals surface area contributed by atoms with Crippen LogP contribution in [0.25, 0.3) is 22.2 Å². The highest BCUT2D eigenvalue weighted by atomic mass is 16.5. The van der Waals surface area contributed by atoms with Crippen LogP contribution in [0, 0.1) is 0 Å². The van der Waals surface area contributed by atoms with Gasteiger partial charge in [-0.3, -0.25) is 0 Å². The Bertz CT molecular complexity index is 1290. The number of ether oxygens (including phenoxy) is 5. The predicted octanol–water partition coefficient (Wildman–Crippen LogP) is 5.33. The van der Waals surface area contributed by atoms with Gasteiger partial charge in [-0.1, -0.05) is 12.1 Å². The van der Waals surface area contributed by atoms with Crippen molar-refractivity contribution in [3.05, 3.63) is 66.2 Å². The molecule has 0 saturated carbocycles. The van der Waals surface area contributed by atoms with Crippen LogP contribution in [0.4, 0.5) is 0 Å². The van der Waals surface area contributed by atoms with Crippen LogP contribution in [0.15, 0.2) is 60.7 Å². The zero-order valence-electron chi connectivity index (χ0n) is 21.8. The summed E-state index contributed by atoms with van der Waals surface area (Å²) in [7, 11) is 10.6. The van der Waals surface area contributed by atoms with E-state index in [1.165, 1.54) is 0 Å². The van der Waals surface area contributed by atoms with E-state index in [4.69, 9.17) is 23.7 Å². The molecule has 1 heterocycles.